The van der Waals surface area contributed by atoms with E-state index in [-0.39, 0.29) is 0 Å². The smallest absolute Gasteiger partial charge is 0.231 e. The van der Waals surface area contributed by atoms with Crippen LogP contribution in [0.5, 0.6) is 11.5 Å². The molecule has 1 saturated carbocycles. The second-order valence-corrected chi connectivity index (χ2v) is 7.03. The summed E-state index contributed by atoms with van der Waals surface area (Å²) in [6, 6.07) is 6.07. The Morgan fingerprint density at radius 2 is 2.10 bits per heavy atom. The Morgan fingerprint density at radius 3 is 2.90 bits per heavy atom. The van der Waals surface area contributed by atoms with E-state index >= 15 is 0 Å². The van der Waals surface area contributed by atoms with E-state index in [1.54, 1.807) is 0 Å². The fourth-order valence-corrected chi connectivity index (χ4v) is 3.37. The number of benzene rings is 1. The van der Waals surface area contributed by atoms with Crippen molar-refractivity contribution in [1.82, 2.24) is 0 Å². The minimum atomic E-state index is 0.328. The van der Waals surface area contributed by atoms with Gasteiger partial charge in [0.15, 0.2) is 11.5 Å². The van der Waals surface area contributed by atoms with Crippen molar-refractivity contribution in [3.05, 3.63) is 23.8 Å². The molecule has 2 aliphatic rings. The molecule has 1 heterocycles. The summed E-state index contributed by atoms with van der Waals surface area (Å²) in [6.45, 7) is 8.07. The number of ether oxygens (including phenoxy) is 3. The van der Waals surface area contributed by atoms with Crippen LogP contribution in [0.4, 0.5) is 0 Å². The third-order valence-corrected chi connectivity index (χ3v) is 5.28. The minimum Gasteiger partial charge on any atom is -0.454 e. The molecule has 3 nitrogen and oxygen atoms in total. The van der Waals surface area contributed by atoms with Gasteiger partial charge in [0.05, 0.1) is 12.7 Å². The van der Waals surface area contributed by atoms with E-state index in [0.717, 1.165) is 23.0 Å². The molecule has 1 aromatic rings. The van der Waals surface area contributed by atoms with E-state index in [0.29, 0.717) is 24.9 Å². The Bertz CT molecular complexity index is 497. The van der Waals surface area contributed by atoms with Crippen molar-refractivity contribution in [2.24, 2.45) is 11.3 Å². The first-order valence-corrected chi connectivity index (χ1v) is 8.07. The Morgan fingerprint density at radius 1 is 1.29 bits per heavy atom. The predicted molar refractivity (Wildman–Crippen MR) is 82.6 cm³/mol. The van der Waals surface area contributed by atoms with Crippen LogP contribution in [0.25, 0.3) is 0 Å². The lowest BCUT2D eigenvalue weighted by molar-refractivity contribution is -0.0337. The Balaban J connectivity index is 1.57. The number of hydrogen-bond acceptors (Lipinski definition) is 3. The van der Waals surface area contributed by atoms with E-state index in [4.69, 9.17) is 14.2 Å². The molecule has 1 fully saturated rings. The summed E-state index contributed by atoms with van der Waals surface area (Å²) in [4.78, 5) is 0. The Labute approximate surface area is 127 Å². The molecule has 0 N–H and O–H groups in total. The lowest BCUT2D eigenvalue weighted by Gasteiger charge is -2.41. The predicted octanol–water partition coefficient (Wildman–Crippen LogP) is 4.54. The maximum atomic E-state index is 6.18. The summed E-state index contributed by atoms with van der Waals surface area (Å²) in [5.74, 6) is 2.39. The average Bonchev–Trinajstić information content (AvgIpc) is 2.92. The van der Waals surface area contributed by atoms with E-state index < -0.39 is 0 Å². The van der Waals surface area contributed by atoms with Gasteiger partial charge in [0.1, 0.15) is 0 Å². The zero-order valence-corrected chi connectivity index (χ0v) is 13.4. The molecule has 0 spiro atoms. The highest BCUT2D eigenvalue weighted by molar-refractivity contribution is 5.44. The molecule has 2 atom stereocenters. The number of fused-ring (bicyclic) bond motifs is 1. The van der Waals surface area contributed by atoms with Gasteiger partial charge in [-0.1, -0.05) is 33.3 Å². The molecular weight excluding hydrogens is 264 g/mol. The second kappa shape index (κ2) is 5.88. The second-order valence-electron chi connectivity index (χ2n) is 7.03. The van der Waals surface area contributed by atoms with Crippen LogP contribution in [0.1, 0.15) is 52.0 Å². The van der Waals surface area contributed by atoms with Crippen LogP contribution < -0.4 is 9.47 Å². The maximum Gasteiger partial charge on any atom is 0.231 e. The SMILES string of the molecule is CC(C)C1(C)CCCC(OCc2ccc3c(c2)OCO3)C1. The normalized spacial score (nSPS) is 28.1. The van der Waals surface area contributed by atoms with Crippen LogP contribution in [0.2, 0.25) is 0 Å². The Kier molecular flexibility index (Phi) is 4.12. The fraction of sp³-hybridized carbons (Fsp3) is 0.667. The first-order chi connectivity index (χ1) is 10.1. The van der Waals surface area contributed by atoms with Gasteiger partial charge < -0.3 is 14.2 Å². The summed E-state index contributed by atoms with van der Waals surface area (Å²) in [5, 5.41) is 0. The van der Waals surface area contributed by atoms with Gasteiger partial charge in [-0.2, -0.15) is 0 Å². The van der Waals surface area contributed by atoms with Gasteiger partial charge in [-0.25, -0.2) is 0 Å². The van der Waals surface area contributed by atoms with Gasteiger partial charge in [0.2, 0.25) is 6.79 Å². The van der Waals surface area contributed by atoms with Crippen LogP contribution in [0, 0.1) is 11.3 Å². The zero-order chi connectivity index (χ0) is 14.9. The molecule has 0 aromatic heterocycles. The van der Waals surface area contributed by atoms with E-state index in [9.17, 15) is 0 Å². The molecule has 116 valence electrons. The molecule has 1 aliphatic carbocycles. The van der Waals surface area contributed by atoms with Crippen LogP contribution in [-0.4, -0.2) is 12.9 Å². The molecule has 1 aliphatic heterocycles. The third-order valence-electron chi connectivity index (χ3n) is 5.28. The summed E-state index contributed by atoms with van der Waals surface area (Å²) in [5.41, 5.74) is 1.59. The van der Waals surface area contributed by atoms with Crippen molar-refractivity contribution in [2.45, 2.75) is 59.2 Å². The number of hydrogen-bond donors (Lipinski definition) is 0. The van der Waals surface area contributed by atoms with Crippen molar-refractivity contribution in [3.63, 3.8) is 0 Å². The van der Waals surface area contributed by atoms with Crippen molar-refractivity contribution in [2.75, 3.05) is 6.79 Å². The molecule has 3 heteroatoms. The van der Waals surface area contributed by atoms with E-state index in [2.05, 4.69) is 26.8 Å². The lowest BCUT2D eigenvalue weighted by Crippen LogP contribution is -2.34. The molecule has 1 aromatic carbocycles. The average molecular weight is 290 g/mol. The fourth-order valence-electron chi connectivity index (χ4n) is 3.37. The summed E-state index contributed by atoms with van der Waals surface area (Å²) in [6.07, 6.45) is 5.36. The first-order valence-electron chi connectivity index (χ1n) is 8.07. The summed E-state index contributed by atoms with van der Waals surface area (Å²) >= 11 is 0. The molecule has 3 rings (SSSR count). The van der Waals surface area contributed by atoms with Gasteiger partial charge in [-0.05, 0) is 48.3 Å². The lowest BCUT2D eigenvalue weighted by atomic mass is 9.67. The van der Waals surface area contributed by atoms with Gasteiger partial charge in [-0.3, -0.25) is 0 Å². The topological polar surface area (TPSA) is 27.7 Å². The third kappa shape index (κ3) is 3.18. The van der Waals surface area contributed by atoms with Gasteiger partial charge in [0.25, 0.3) is 0 Å². The van der Waals surface area contributed by atoms with Crippen molar-refractivity contribution in [1.29, 1.82) is 0 Å². The summed E-state index contributed by atoms with van der Waals surface area (Å²) in [7, 11) is 0. The summed E-state index contributed by atoms with van der Waals surface area (Å²) < 4.78 is 16.9. The zero-order valence-electron chi connectivity index (χ0n) is 13.4. The van der Waals surface area contributed by atoms with Gasteiger partial charge in [-0.15, -0.1) is 0 Å². The van der Waals surface area contributed by atoms with Gasteiger partial charge >= 0.3 is 0 Å². The van der Waals surface area contributed by atoms with Crippen molar-refractivity contribution < 1.29 is 14.2 Å². The molecule has 0 radical (unpaired) electrons. The van der Waals surface area contributed by atoms with Crippen LogP contribution in [0.3, 0.4) is 0 Å². The highest BCUT2D eigenvalue weighted by Gasteiger charge is 2.35. The number of rotatable bonds is 4. The highest BCUT2D eigenvalue weighted by Crippen LogP contribution is 2.43. The first kappa shape index (κ1) is 14.7. The van der Waals surface area contributed by atoms with Crippen molar-refractivity contribution >= 4 is 0 Å². The molecule has 0 saturated heterocycles. The van der Waals surface area contributed by atoms with Crippen LogP contribution in [0.15, 0.2) is 18.2 Å². The van der Waals surface area contributed by atoms with E-state index in [1.807, 2.05) is 12.1 Å². The maximum absolute atomic E-state index is 6.18. The molecule has 21 heavy (non-hydrogen) atoms. The Hall–Kier alpha value is -1.22. The quantitative estimate of drug-likeness (QED) is 0.815. The van der Waals surface area contributed by atoms with Crippen molar-refractivity contribution in [3.8, 4) is 11.5 Å². The largest absolute Gasteiger partial charge is 0.454 e. The molecular formula is C18H26O3. The highest BCUT2D eigenvalue weighted by atomic mass is 16.7. The molecule has 2 unspecified atom stereocenters. The van der Waals surface area contributed by atoms with E-state index in [1.165, 1.54) is 25.7 Å². The molecule has 0 amide bonds. The van der Waals surface area contributed by atoms with Gasteiger partial charge in [0, 0.05) is 0 Å². The molecule has 0 bridgehead atoms. The standard InChI is InChI=1S/C18H26O3/c1-13(2)18(3)8-4-5-15(10-18)19-11-14-6-7-16-17(9-14)21-12-20-16/h6-7,9,13,15H,4-5,8,10-12H2,1-3H3. The minimum absolute atomic E-state index is 0.328. The van der Waals surface area contributed by atoms with Crippen LogP contribution in [-0.2, 0) is 11.3 Å². The monoisotopic (exact) mass is 290 g/mol. The van der Waals surface area contributed by atoms with Crippen LogP contribution >= 0.6 is 0 Å².